The first-order chi connectivity index (χ1) is 8.02. The van der Waals surface area contributed by atoms with Crippen molar-refractivity contribution in [2.24, 2.45) is 5.41 Å². The molecule has 4 heteroatoms. The molecule has 111 valence electrons. The molecule has 0 unspecified atom stereocenters. The summed E-state index contributed by atoms with van der Waals surface area (Å²) in [4.78, 5) is 0. The van der Waals surface area contributed by atoms with E-state index in [1.54, 1.807) is 0 Å². The molecule has 0 nitrogen and oxygen atoms in total. The Morgan fingerprint density at radius 1 is 1.05 bits per heavy atom. The van der Waals surface area contributed by atoms with E-state index in [-0.39, 0.29) is 51.0 Å². The van der Waals surface area contributed by atoms with Crippen LogP contribution in [0.3, 0.4) is 0 Å². The van der Waals surface area contributed by atoms with Gasteiger partial charge in [0.15, 0.2) is 0 Å². The minimum atomic E-state index is 0. The van der Waals surface area contributed by atoms with Crippen LogP contribution in [0.5, 0.6) is 0 Å². The van der Waals surface area contributed by atoms with Crippen molar-refractivity contribution < 1.29 is 51.0 Å². The average molecular weight is 408 g/mol. The molecule has 0 aromatic rings. The molecule has 0 N–H and O–H groups in total. The molecular formula is C16H25Cl2SiZr. The number of hydrogen-bond acceptors (Lipinski definition) is 0. The number of rotatable bonds is 0. The van der Waals surface area contributed by atoms with E-state index >= 15 is 0 Å². The van der Waals surface area contributed by atoms with Crippen LogP contribution in [0, 0.1) is 17.6 Å². The van der Waals surface area contributed by atoms with Crippen LogP contribution in [0.15, 0.2) is 36.0 Å². The maximum Gasteiger partial charge on any atom is 4.00 e. The van der Waals surface area contributed by atoms with Gasteiger partial charge in [0.25, 0.3) is 0 Å². The average Bonchev–Trinajstić information content (AvgIpc) is 2.95. The van der Waals surface area contributed by atoms with Gasteiger partial charge in [-0.25, -0.2) is 23.8 Å². The molecule has 0 saturated heterocycles. The van der Waals surface area contributed by atoms with Gasteiger partial charge in [0.2, 0.25) is 0 Å². The van der Waals surface area contributed by atoms with E-state index in [0.717, 1.165) is 22.4 Å². The van der Waals surface area contributed by atoms with E-state index in [9.17, 15) is 0 Å². The van der Waals surface area contributed by atoms with Gasteiger partial charge in [-0.2, -0.15) is 12.2 Å². The van der Waals surface area contributed by atoms with E-state index in [1.807, 2.05) is 12.2 Å². The SMILES string of the molecule is CC(C)(C)C1=[C-]CC=C1.C[SiH]C.[C-]1=CC=CC1.[Cl-].[Cl-].[Zr+4]. The molecule has 0 saturated carbocycles. The van der Waals surface area contributed by atoms with Gasteiger partial charge in [-0.05, 0) is 5.41 Å². The first-order valence-electron chi connectivity index (χ1n) is 6.26. The molecular weight excluding hydrogens is 382 g/mol. The summed E-state index contributed by atoms with van der Waals surface area (Å²) in [5, 5.41) is 0. The van der Waals surface area contributed by atoms with Gasteiger partial charge in [0.05, 0.1) is 0 Å². The summed E-state index contributed by atoms with van der Waals surface area (Å²) in [5.41, 5.74) is 1.65. The molecule has 2 rings (SSSR count). The quantitative estimate of drug-likeness (QED) is 0.341. The van der Waals surface area contributed by atoms with E-state index in [0.29, 0.717) is 5.41 Å². The smallest absolute Gasteiger partial charge is 1.00 e. The fraction of sp³-hybridized carbons (Fsp3) is 0.500. The van der Waals surface area contributed by atoms with Gasteiger partial charge in [-0.1, -0.05) is 33.9 Å². The van der Waals surface area contributed by atoms with Crippen LogP contribution in [0.2, 0.25) is 13.1 Å². The summed E-state index contributed by atoms with van der Waals surface area (Å²) in [6, 6.07) is 0. The van der Waals surface area contributed by atoms with Crippen LogP contribution in [0.1, 0.15) is 33.6 Å². The fourth-order valence-electron chi connectivity index (χ4n) is 1.26. The zero-order valence-electron chi connectivity index (χ0n) is 13.1. The Balaban J connectivity index is -0.000000102. The molecule has 0 atom stereocenters. The molecule has 0 aliphatic heterocycles. The van der Waals surface area contributed by atoms with Crippen molar-refractivity contribution in [1.82, 2.24) is 0 Å². The molecule has 0 amide bonds. The van der Waals surface area contributed by atoms with E-state index in [4.69, 9.17) is 0 Å². The first-order valence-corrected chi connectivity index (χ1v) is 8.57. The third-order valence-electron chi connectivity index (χ3n) is 2.09. The minimum absolute atomic E-state index is 0. The third kappa shape index (κ3) is 16.7. The topological polar surface area (TPSA) is 0 Å². The van der Waals surface area contributed by atoms with Gasteiger partial charge in [-0.15, -0.1) is 12.8 Å². The Labute approximate surface area is 160 Å². The Kier molecular flexibility index (Phi) is 25.4. The van der Waals surface area contributed by atoms with Gasteiger partial charge >= 0.3 is 26.2 Å². The molecule has 1 radical (unpaired) electrons. The molecule has 0 fully saturated rings. The molecule has 20 heavy (non-hydrogen) atoms. The number of hydrogen-bond donors (Lipinski definition) is 0. The van der Waals surface area contributed by atoms with Crippen molar-refractivity contribution >= 4 is 9.52 Å². The molecule has 0 aromatic heterocycles. The summed E-state index contributed by atoms with van der Waals surface area (Å²) >= 11 is 0. The van der Waals surface area contributed by atoms with Crippen molar-refractivity contribution in [1.29, 1.82) is 0 Å². The Bertz CT molecular complexity index is 303. The Hall–Kier alpha value is 0.640. The predicted octanol–water partition coefficient (Wildman–Crippen LogP) is -1.45. The number of allylic oxidation sites excluding steroid dienone is 8. The Morgan fingerprint density at radius 2 is 1.60 bits per heavy atom. The molecule has 0 heterocycles. The van der Waals surface area contributed by atoms with E-state index < -0.39 is 0 Å². The summed E-state index contributed by atoms with van der Waals surface area (Å²) < 4.78 is 0. The van der Waals surface area contributed by atoms with Gasteiger partial charge in [0, 0.05) is 9.52 Å². The summed E-state index contributed by atoms with van der Waals surface area (Å²) in [7, 11) is 0.750. The molecule has 2 aliphatic rings. The molecule has 0 aromatic carbocycles. The maximum absolute atomic E-state index is 3.30. The molecule has 2 aliphatic carbocycles. The van der Waals surface area contributed by atoms with Crippen LogP contribution in [-0.4, -0.2) is 9.52 Å². The van der Waals surface area contributed by atoms with Crippen molar-refractivity contribution in [2.75, 3.05) is 0 Å². The van der Waals surface area contributed by atoms with E-state index in [1.165, 1.54) is 5.57 Å². The van der Waals surface area contributed by atoms with Gasteiger partial charge in [-0.3, -0.25) is 12.2 Å². The monoisotopic (exact) mass is 405 g/mol. The van der Waals surface area contributed by atoms with Crippen molar-refractivity contribution in [2.45, 2.75) is 46.7 Å². The Morgan fingerprint density at radius 3 is 1.75 bits per heavy atom. The maximum atomic E-state index is 3.30. The van der Waals surface area contributed by atoms with Crippen LogP contribution in [0.25, 0.3) is 0 Å². The fourth-order valence-corrected chi connectivity index (χ4v) is 1.26. The predicted molar refractivity (Wildman–Crippen MR) is 80.4 cm³/mol. The zero-order chi connectivity index (χ0) is 13.1. The third-order valence-corrected chi connectivity index (χ3v) is 2.09. The van der Waals surface area contributed by atoms with Crippen molar-refractivity contribution in [3.63, 3.8) is 0 Å². The molecule has 0 spiro atoms. The summed E-state index contributed by atoms with van der Waals surface area (Å²) in [5.74, 6) is 0. The van der Waals surface area contributed by atoms with Crippen LogP contribution in [-0.2, 0) is 26.2 Å². The minimum Gasteiger partial charge on any atom is -1.00 e. The second-order valence-corrected chi connectivity index (χ2v) is 6.18. The second-order valence-electron chi connectivity index (χ2n) is 5.03. The summed E-state index contributed by atoms with van der Waals surface area (Å²) in [6.07, 6.45) is 18.6. The zero-order valence-corrected chi connectivity index (χ0v) is 18.3. The van der Waals surface area contributed by atoms with Crippen LogP contribution in [0.4, 0.5) is 0 Å². The van der Waals surface area contributed by atoms with Crippen LogP contribution < -0.4 is 24.8 Å². The first kappa shape index (κ1) is 28.8. The molecule has 0 bridgehead atoms. The largest absolute Gasteiger partial charge is 4.00 e. The second kappa shape index (κ2) is 17.7. The van der Waals surface area contributed by atoms with E-state index in [2.05, 4.69) is 64.2 Å². The van der Waals surface area contributed by atoms with Crippen molar-refractivity contribution in [3.8, 4) is 0 Å². The summed E-state index contributed by atoms with van der Waals surface area (Å²) in [6.45, 7) is 11.1. The van der Waals surface area contributed by atoms with Crippen molar-refractivity contribution in [3.05, 3.63) is 48.1 Å². The van der Waals surface area contributed by atoms with Gasteiger partial charge < -0.3 is 24.8 Å². The van der Waals surface area contributed by atoms with Gasteiger partial charge in [0.1, 0.15) is 0 Å². The normalized spacial score (nSPS) is 13.6. The standard InChI is InChI=1S/C9H13.C5H5.C2H7Si.2ClH.Zr/c1-9(2,3)8-6-4-5-7-8;1-2-4-5-3-1;1-3-2;;;/h4,6H,5H2,1-3H3;1-3H,4H2;3H,1-2H3;2*1H;/q2*-1;;;;+4/p-2. The number of halogens is 2. The van der Waals surface area contributed by atoms with Crippen LogP contribution >= 0.6 is 0 Å².